The second kappa shape index (κ2) is 9.14. The maximum atomic E-state index is 14.0. The average Bonchev–Trinajstić information content (AvgIpc) is 3.17. The summed E-state index contributed by atoms with van der Waals surface area (Å²) in [5.41, 5.74) is 4.14. The number of carbonyl (C=O) groups excluding carboxylic acids is 1. The van der Waals surface area contributed by atoms with E-state index in [0.717, 1.165) is 17.5 Å². The topological polar surface area (TPSA) is 62.3 Å². The molecule has 3 aromatic carbocycles. The Morgan fingerprint density at radius 2 is 1.87 bits per heavy atom. The smallest absolute Gasteiger partial charge is 0.184 e. The molecule has 1 aromatic heterocycles. The quantitative estimate of drug-likeness (QED) is 0.363. The molecule has 31 heavy (non-hydrogen) atoms. The van der Waals surface area contributed by atoms with E-state index < -0.39 is 0 Å². The fourth-order valence-electron chi connectivity index (χ4n) is 3.77. The van der Waals surface area contributed by atoms with Crippen LogP contribution in [0.3, 0.4) is 0 Å². The van der Waals surface area contributed by atoms with Crippen LogP contribution in [0.15, 0.2) is 66.7 Å². The lowest BCUT2D eigenvalue weighted by Crippen LogP contribution is -2.07. The summed E-state index contributed by atoms with van der Waals surface area (Å²) in [6.07, 6.45) is 1.02. The number of aliphatic hydroxyl groups is 1. The Hall–Kier alpha value is -3.44. The lowest BCUT2D eigenvalue weighted by atomic mass is 9.97. The first kappa shape index (κ1) is 20.8. The largest absolute Gasteiger partial charge is 0.493 e. The first-order valence-electron chi connectivity index (χ1n) is 10.4. The number of hydrogen-bond acceptors (Lipinski definition) is 3. The van der Waals surface area contributed by atoms with Gasteiger partial charge in [0.1, 0.15) is 11.6 Å². The van der Waals surface area contributed by atoms with Crippen LogP contribution in [0.1, 0.15) is 35.0 Å². The number of Topliss-reactive ketones (excluding diaryl/α,β-unsaturated/α-hetero) is 1. The average molecular weight is 417 g/mol. The highest BCUT2D eigenvalue weighted by molar-refractivity contribution is 6.11. The number of aromatic amines is 1. The van der Waals surface area contributed by atoms with Gasteiger partial charge in [-0.2, -0.15) is 0 Å². The zero-order valence-corrected chi connectivity index (χ0v) is 17.3. The van der Waals surface area contributed by atoms with Gasteiger partial charge in [-0.25, -0.2) is 4.39 Å². The highest BCUT2D eigenvalue weighted by Crippen LogP contribution is 2.34. The molecule has 1 heterocycles. The summed E-state index contributed by atoms with van der Waals surface area (Å²) in [7, 11) is 0. The van der Waals surface area contributed by atoms with Crippen molar-refractivity contribution < 1.29 is 19.0 Å². The molecule has 2 N–H and O–H groups in total. The molecule has 0 saturated heterocycles. The van der Waals surface area contributed by atoms with Gasteiger partial charge in [-0.15, -0.1) is 0 Å². The van der Waals surface area contributed by atoms with Gasteiger partial charge < -0.3 is 14.8 Å². The Kier molecular flexibility index (Phi) is 6.14. The molecule has 4 aromatic rings. The Bertz CT molecular complexity index is 1210. The molecule has 4 rings (SSSR count). The van der Waals surface area contributed by atoms with Gasteiger partial charge in [-0.05, 0) is 47.9 Å². The van der Waals surface area contributed by atoms with E-state index in [4.69, 9.17) is 4.74 Å². The van der Waals surface area contributed by atoms with E-state index in [9.17, 15) is 14.3 Å². The highest BCUT2D eigenvalue weighted by atomic mass is 19.1. The number of H-pyrrole nitrogens is 1. The molecule has 0 fully saturated rings. The summed E-state index contributed by atoms with van der Waals surface area (Å²) in [4.78, 5) is 16.5. The number of nitrogens with one attached hydrogen (secondary N) is 1. The van der Waals surface area contributed by atoms with Crippen LogP contribution < -0.4 is 4.74 Å². The summed E-state index contributed by atoms with van der Waals surface area (Å²) >= 11 is 0. The minimum absolute atomic E-state index is 0.110. The number of ketones is 1. The predicted octanol–water partition coefficient (Wildman–Crippen LogP) is 5.68. The van der Waals surface area contributed by atoms with E-state index in [1.54, 1.807) is 18.2 Å². The first-order chi connectivity index (χ1) is 15.1. The van der Waals surface area contributed by atoms with E-state index in [1.807, 2.05) is 43.3 Å². The van der Waals surface area contributed by atoms with E-state index in [1.165, 1.54) is 12.1 Å². The number of benzene rings is 3. The highest BCUT2D eigenvalue weighted by Gasteiger charge is 2.20. The summed E-state index contributed by atoms with van der Waals surface area (Å²) in [5, 5.41) is 10.4. The number of fused-ring (bicyclic) bond motifs is 1. The minimum Gasteiger partial charge on any atom is -0.493 e. The van der Waals surface area contributed by atoms with Gasteiger partial charge in [-0.3, -0.25) is 4.79 Å². The molecule has 0 atom stereocenters. The number of aliphatic hydroxyl groups excluding tert-OH is 1. The van der Waals surface area contributed by atoms with Crippen molar-refractivity contribution in [2.24, 2.45) is 0 Å². The molecule has 0 aliphatic heterocycles. The minimum atomic E-state index is -0.349. The van der Waals surface area contributed by atoms with E-state index in [-0.39, 0.29) is 24.6 Å². The van der Waals surface area contributed by atoms with Crippen LogP contribution in [-0.2, 0) is 13.0 Å². The van der Waals surface area contributed by atoms with Gasteiger partial charge >= 0.3 is 0 Å². The van der Waals surface area contributed by atoms with Gasteiger partial charge in [0.05, 0.1) is 18.9 Å². The molecule has 158 valence electrons. The van der Waals surface area contributed by atoms with Crippen molar-refractivity contribution in [2.45, 2.75) is 26.4 Å². The predicted molar refractivity (Wildman–Crippen MR) is 120 cm³/mol. The fourth-order valence-corrected chi connectivity index (χ4v) is 3.77. The zero-order valence-electron chi connectivity index (χ0n) is 17.3. The molecule has 0 aliphatic carbocycles. The molecule has 0 saturated carbocycles. The zero-order chi connectivity index (χ0) is 21.8. The molecule has 4 nitrogen and oxygen atoms in total. The van der Waals surface area contributed by atoms with Crippen molar-refractivity contribution in [3.63, 3.8) is 0 Å². The van der Waals surface area contributed by atoms with E-state index >= 15 is 0 Å². The number of aromatic nitrogens is 1. The molecule has 0 spiro atoms. The SMILES string of the molecule is CCCOc1ccc(CC(=O)c2[nH]c3ccc(F)cc3c2-c2ccccc2)cc1CO. The maximum absolute atomic E-state index is 14.0. The summed E-state index contributed by atoms with van der Waals surface area (Å²) in [6, 6.07) is 19.4. The Morgan fingerprint density at radius 1 is 1.06 bits per heavy atom. The van der Waals surface area contributed by atoms with Crippen LogP contribution in [0.4, 0.5) is 4.39 Å². The third kappa shape index (κ3) is 4.37. The van der Waals surface area contributed by atoms with Crippen LogP contribution in [0, 0.1) is 5.82 Å². The normalized spacial score (nSPS) is 11.1. The van der Waals surface area contributed by atoms with Crippen LogP contribution in [-0.4, -0.2) is 22.5 Å². The first-order valence-corrected chi connectivity index (χ1v) is 10.4. The van der Waals surface area contributed by atoms with Crippen molar-refractivity contribution in [1.29, 1.82) is 0 Å². The third-order valence-corrected chi connectivity index (χ3v) is 5.22. The summed E-state index contributed by atoms with van der Waals surface area (Å²) < 4.78 is 19.6. The molecular weight excluding hydrogens is 393 g/mol. The summed E-state index contributed by atoms with van der Waals surface area (Å²) in [5.74, 6) is 0.172. The second-order valence-corrected chi connectivity index (χ2v) is 7.48. The van der Waals surface area contributed by atoms with Crippen LogP contribution in [0.5, 0.6) is 5.75 Å². The number of hydrogen-bond donors (Lipinski definition) is 2. The van der Waals surface area contributed by atoms with Crippen LogP contribution in [0.25, 0.3) is 22.0 Å². The molecule has 0 amide bonds. The Labute approximate surface area is 180 Å². The van der Waals surface area contributed by atoms with E-state index in [2.05, 4.69) is 4.98 Å². The van der Waals surface area contributed by atoms with Crippen LogP contribution >= 0.6 is 0 Å². The number of rotatable bonds is 8. The molecule has 0 aliphatic rings. The number of halogens is 1. The van der Waals surface area contributed by atoms with Crippen molar-refractivity contribution >= 4 is 16.7 Å². The van der Waals surface area contributed by atoms with Crippen molar-refractivity contribution in [3.8, 4) is 16.9 Å². The van der Waals surface area contributed by atoms with Crippen LogP contribution in [0.2, 0.25) is 0 Å². The van der Waals surface area contributed by atoms with Gasteiger partial charge in [0.15, 0.2) is 5.78 Å². The summed E-state index contributed by atoms with van der Waals surface area (Å²) in [6.45, 7) is 2.42. The lowest BCUT2D eigenvalue weighted by molar-refractivity contribution is 0.0989. The lowest BCUT2D eigenvalue weighted by Gasteiger charge is -2.11. The number of ether oxygens (including phenoxy) is 1. The Morgan fingerprint density at radius 3 is 2.61 bits per heavy atom. The van der Waals surface area contributed by atoms with E-state index in [0.29, 0.717) is 40.1 Å². The maximum Gasteiger partial charge on any atom is 0.184 e. The second-order valence-electron chi connectivity index (χ2n) is 7.48. The van der Waals surface area contributed by atoms with Crippen molar-refractivity contribution in [3.05, 3.63) is 89.4 Å². The third-order valence-electron chi connectivity index (χ3n) is 5.22. The van der Waals surface area contributed by atoms with Crippen molar-refractivity contribution in [1.82, 2.24) is 4.98 Å². The Balaban J connectivity index is 1.71. The van der Waals surface area contributed by atoms with Gasteiger partial charge in [0.2, 0.25) is 0 Å². The number of carbonyl (C=O) groups is 1. The molecule has 0 unspecified atom stereocenters. The molecular formula is C26H24FNO3. The monoisotopic (exact) mass is 417 g/mol. The van der Waals surface area contributed by atoms with Gasteiger partial charge in [0.25, 0.3) is 0 Å². The molecule has 0 bridgehead atoms. The standard InChI is InChI=1S/C26H24FNO3/c1-2-12-31-24-11-8-17(13-19(24)16-29)14-23(30)26-25(18-6-4-3-5-7-18)21-15-20(27)9-10-22(21)28-26/h3-11,13,15,28-29H,2,12,14,16H2,1H3. The van der Waals surface area contributed by atoms with Gasteiger partial charge in [-0.1, -0.05) is 43.3 Å². The van der Waals surface area contributed by atoms with Gasteiger partial charge in [0, 0.05) is 28.5 Å². The molecule has 0 radical (unpaired) electrons. The molecule has 5 heteroatoms. The fraction of sp³-hybridized carbons (Fsp3) is 0.192. The van der Waals surface area contributed by atoms with Crippen molar-refractivity contribution in [2.75, 3.05) is 6.61 Å².